The van der Waals surface area contributed by atoms with Crippen LogP contribution in [0.15, 0.2) is 30.3 Å². The van der Waals surface area contributed by atoms with Gasteiger partial charge in [0.25, 0.3) is 5.92 Å². The molecule has 3 N–H and O–H groups in total. The number of nitrogens with zero attached hydrogens (tertiary/aromatic N) is 1. The second kappa shape index (κ2) is 4.24. The smallest absolute Gasteiger partial charge is 0.281 e. The Hall–Kier alpha value is -2.01. The largest absolute Gasteiger partial charge is 0.383 e. The zero-order valence-electron chi connectivity index (χ0n) is 10.9. The van der Waals surface area contributed by atoms with Gasteiger partial charge in [-0.3, -0.25) is 0 Å². The number of fused-ring (bicyclic) bond motifs is 1. The van der Waals surface area contributed by atoms with Gasteiger partial charge >= 0.3 is 0 Å². The lowest BCUT2D eigenvalue weighted by Crippen LogP contribution is -2.21. The maximum absolute atomic E-state index is 13.7. The fourth-order valence-corrected chi connectivity index (χ4v) is 2.69. The van der Waals surface area contributed by atoms with Gasteiger partial charge in [-0.1, -0.05) is 18.2 Å². The molecule has 1 aromatic heterocycles. The minimum absolute atomic E-state index is 0.259. The van der Waals surface area contributed by atoms with Crippen molar-refractivity contribution in [2.45, 2.75) is 25.4 Å². The summed E-state index contributed by atoms with van der Waals surface area (Å²) in [6.45, 7) is 1.80. The molecular formula is C15H14F2N2O. The van der Waals surface area contributed by atoms with Crippen LogP contribution in [0.25, 0.3) is 11.1 Å². The lowest BCUT2D eigenvalue weighted by Gasteiger charge is -2.16. The van der Waals surface area contributed by atoms with Gasteiger partial charge in [-0.25, -0.2) is 13.8 Å². The van der Waals surface area contributed by atoms with Crippen LogP contribution in [0.4, 0.5) is 14.6 Å². The van der Waals surface area contributed by atoms with Crippen molar-refractivity contribution in [1.82, 2.24) is 4.98 Å². The van der Waals surface area contributed by atoms with Crippen molar-refractivity contribution in [3.63, 3.8) is 0 Å². The summed E-state index contributed by atoms with van der Waals surface area (Å²) < 4.78 is 27.4. The molecule has 0 fully saturated rings. The first-order valence-electron chi connectivity index (χ1n) is 6.31. The van der Waals surface area contributed by atoms with Crippen LogP contribution in [0.5, 0.6) is 0 Å². The number of aromatic nitrogens is 1. The molecule has 0 saturated heterocycles. The Kier molecular flexibility index (Phi) is 2.76. The van der Waals surface area contributed by atoms with Crippen LogP contribution in [0.2, 0.25) is 0 Å². The van der Waals surface area contributed by atoms with Crippen molar-refractivity contribution in [1.29, 1.82) is 0 Å². The number of benzene rings is 1. The molecule has 3 rings (SSSR count). The highest BCUT2D eigenvalue weighted by molar-refractivity contribution is 5.78. The zero-order valence-corrected chi connectivity index (χ0v) is 10.9. The molecule has 0 bridgehead atoms. The predicted molar refractivity (Wildman–Crippen MR) is 72.4 cm³/mol. The molecule has 0 amide bonds. The molecular weight excluding hydrogens is 262 g/mol. The van der Waals surface area contributed by atoms with E-state index in [0.717, 1.165) is 5.69 Å². The summed E-state index contributed by atoms with van der Waals surface area (Å²) in [4.78, 5) is 4.15. The van der Waals surface area contributed by atoms with Crippen LogP contribution in [-0.4, -0.2) is 16.0 Å². The minimum Gasteiger partial charge on any atom is -0.383 e. The van der Waals surface area contributed by atoms with Gasteiger partial charge in [0, 0.05) is 17.7 Å². The summed E-state index contributed by atoms with van der Waals surface area (Å²) in [5, 5.41) is 9.89. The topological polar surface area (TPSA) is 59.1 Å². The number of pyridine rings is 1. The molecule has 20 heavy (non-hydrogen) atoms. The van der Waals surface area contributed by atoms with Crippen molar-refractivity contribution < 1.29 is 13.9 Å². The lowest BCUT2D eigenvalue weighted by molar-refractivity contribution is -0.0966. The van der Waals surface area contributed by atoms with E-state index in [-0.39, 0.29) is 11.4 Å². The third-order valence-electron chi connectivity index (χ3n) is 3.65. The molecule has 1 aliphatic carbocycles. The van der Waals surface area contributed by atoms with Crippen molar-refractivity contribution in [2.24, 2.45) is 0 Å². The second-order valence-electron chi connectivity index (χ2n) is 5.10. The van der Waals surface area contributed by atoms with Gasteiger partial charge in [-0.05, 0) is 35.7 Å². The van der Waals surface area contributed by atoms with E-state index in [1.165, 1.54) is 0 Å². The van der Waals surface area contributed by atoms with E-state index in [1.54, 1.807) is 37.3 Å². The Labute approximate surface area is 115 Å². The number of anilines is 1. The van der Waals surface area contributed by atoms with Gasteiger partial charge < -0.3 is 10.8 Å². The van der Waals surface area contributed by atoms with Crippen molar-refractivity contribution >= 4 is 5.82 Å². The quantitative estimate of drug-likeness (QED) is 0.842. The Bertz CT molecular complexity index is 686. The molecule has 2 aromatic rings. The summed E-state index contributed by atoms with van der Waals surface area (Å²) in [5.41, 5.74) is 8.45. The average molecular weight is 276 g/mol. The van der Waals surface area contributed by atoms with Crippen LogP contribution in [0, 0.1) is 6.92 Å². The predicted octanol–water partition coefficient (Wildman–Crippen LogP) is 2.86. The summed E-state index contributed by atoms with van der Waals surface area (Å²) in [6, 6.07) is 8.51. The summed E-state index contributed by atoms with van der Waals surface area (Å²) in [5.74, 6) is -2.86. The number of hydrogen-bond donors (Lipinski definition) is 2. The molecule has 104 valence electrons. The fourth-order valence-electron chi connectivity index (χ4n) is 2.69. The number of aliphatic hydroxyl groups excluding tert-OH is 1. The molecule has 1 aromatic carbocycles. The first-order valence-corrected chi connectivity index (χ1v) is 6.31. The van der Waals surface area contributed by atoms with Gasteiger partial charge in [0.05, 0.1) is 0 Å². The highest BCUT2D eigenvalue weighted by Crippen LogP contribution is 2.47. The summed E-state index contributed by atoms with van der Waals surface area (Å²) >= 11 is 0. The molecule has 1 atom stereocenters. The van der Waals surface area contributed by atoms with Crippen molar-refractivity contribution in [3.05, 3.63) is 47.2 Å². The number of aliphatic hydroxyl groups is 1. The fraction of sp³-hybridized carbons (Fsp3) is 0.267. The zero-order chi connectivity index (χ0) is 14.5. The number of nitrogen functional groups attached to an aromatic ring is 1. The number of rotatable bonds is 1. The molecule has 0 saturated carbocycles. The molecule has 0 radical (unpaired) electrons. The number of alkyl halides is 2. The van der Waals surface area contributed by atoms with E-state index in [1.807, 2.05) is 0 Å². The Morgan fingerprint density at radius 2 is 2.00 bits per heavy atom. The Balaban J connectivity index is 2.21. The lowest BCUT2D eigenvalue weighted by atomic mass is 9.96. The van der Waals surface area contributed by atoms with E-state index in [2.05, 4.69) is 4.98 Å². The van der Waals surface area contributed by atoms with E-state index < -0.39 is 18.4 Å². The van der Waals surface area contributed by atoms with E-state index >= 15 is 0 Å². The van der Waals surface area contributed by atoms with Crippen LogP contribution in [0.1, 0.15) is 22.9 Å². The van der Waals surface area contributed by atoms with E-state index in [4.69, 9.17) is 5.73 Å². The third kappa shape index (κ3) is 1.86. The summed E-state index contributed by atoms with van der Waals surface area (Å²) in [7, 11) is 0. The van der Waals surface area contributed by atoms with E-state index in [9.17, 15) is 13.9 Å². The molecule has 5 heteroatoms. The third-order valence-corrected chi connectivity index (χ3v) is 3.65. The van der Waals surface area contributed by atoms with Crippen molar-refractivity contribution in [2.75, 3.05) is 5.73 Å². The number of hydrogen-bond acceptors (Lipinski definition) is 3. The molecule has 1 heterocycles. The SMILES string of the molecule is Cc1ccc(-c2cccc3c2C(O)C(F)(F)C3)c(N)n1. The maximum Gasteiger partial charge on any atom is 0.281 e. The summed E-state index contributed by atoms with van der Waals surface area (Å²) in [6.07, 6.45) is -2.24. The number of nitrogens with two attached hydrogens (primary N) is 1. The molecule has 1 aliphatic rings. The second-order valence-corrected chi connectivity index (χ2v) is 5.10. The van der Waals surface area contributed by atoms with Crippen LogP contribution >= 0.6 is 0 Å². The monoisotopic (exact) mass is 276 g/mol. The average Bonchev–Trinajstić information content (AvgIpc) is 2.60. The number of aryl methyl sites for hydroxylation is 1. The van der Waals surface area contributed by atoms with Gasteiger partial charge in [0.15, 0.2) is 0 Å². The first kappa shape index (κ1) is 13.0. The van der Waals surface area contributed by atoms with Gasteiger partial charge in [-0.15, -0.1) is 0 Å². The van der Waals surface area contributed by atoms with Gasteiger partial charge in [-0.2, -0.15) is 0 Å². The van der Waals surface area contributed by atoms with Gasteiger partial charge in [0.2, 0.25) is 0 Å². The standard InChI is InChI=1S/C15H14F2N2O/c1-8-5-6-11(14(18)19-8)10-4-2-3-9-7-15(16,17)13(20)12(9)10/h2-6,13,20H,7H2,1H3,(H2,18,19). The number of halogens is 2. The van der Waals surface area contributed by atoms with Crippen molar-refractivity contribution in [3.8, 4) is 11.1 Å². The normalized spacial score (nSPS) is 19.9. The minimum atomic E-state index is -3.13. The highest BCUT2D eigenvalue weighted by Gasteiger charge is 2.47. The molecule has 0 aliphatic heterocycles. The maximum atomic E-state index is 13.7. The van der Waals surface area contributed by atoms with Crippen LogP contribution < -0.4 is 5.73 Å². The van der Waals surface area contributed by atoms with Crippen LogP contribution in [0.3, 0.4) is 0 Å². The molecule has 1 unspecified atom stereocenters. The molecule has 0 spiro atoms. The van der Waals surface area contributed by atoms with Gasteiger partial charge in [0.1, 0.15) is 11.9 Å². The van der Waals surface area contributed by atoms with E-state index in [0.29, 0.717) is 16.7 Å². The van der Waals surface area contributed by atoms with Crippen LogP contribution in [-0.2, 0) is 6.42 Å². The Morgan fingerprint density at radius 3 is 2.70 bits per heavy atom. The Morgan fingerprint density at radius 1 is 1.25 bits per heavy atom. The highest BCUT2D eigenvalue weighted by atomic mass is 19.3. The molecule has 3 nitrogen and oxygen atoms in total. The first-order chi connectivity index (χ1) is 9.40.